The van der Waals surface area contributed by atoms with Crippen LogP contribution in [0, 0.1) is 10.1 Å². The SMILES string of the molecule is CN1C=CN(CCCNc2cc(Cl)c(Cl)cc2[N+](=O)[O-])C1. The quantitative estimate of drug-likeness (QED) is 0.492. The van der Waals surface area contributed by atoms with Crippen LogP contribution in [0.25, 0.3) is 0 Å². The molecule has 0 aromatic heterocycles. The smallest absolute Gasteiger partial charge is 0.293 e. The lowest BCUT2D eigenvalue weighted by Gasteiger charge is -2.18. The molecule has 1 aliphatic heterocycles. The molecule has 1 aromatic carbocycles. The Balaban J connectivity index is 1.89. The highest BCUT2D eigenvalue weighted by molar-refractivity contribution is 6.42. The van der Waals surface area contributed by atoms with Gasteiger partial charge >= 0.3 is 0 Å². The van der Waals surface area contributed by atoms with Gasteiger partial charge in [0.2, 0.25) is 0 Å². The molecule has 1 aliphatic rings. The Morgan fingerprint density at radius 1 is 1.33 bits per heavy atom. The number of nitrogens with one attached hydrogen (secondary N) is 1. The Bertz CT molecular complexity index is 565. The zero-order chi connectivity index (χ0) is 15.4. The molecule has 0 fully saturated rings. The third-order valence-electron chi connectivity index (χ3n) is 3.11. The van der Waals surface area contributed by atoms with E-state index in [1.165, 1.54) is 12.1 Å². The van der Waals surface area contributed by atoms with Crippen molar-refractivity contribution in [1.29, 1.82) is 0 Å². The molecule has 21 heavy (non-hydrogen) atoms. The Labute approximate surface area is 133 Å². The fourth-order valence-electron chi connectivity index (χ4n) is 2.07. The van der Waals surface area contributed by atoms with Crippen molar-refractivity contribution in [3.05, 3.63) is 44.7 Å². The van der Waals surface area contributed by atoms with Crippen LogP contribution in [0.4, 0.5) is 11.4 Å². The van der Waals surface area contributed by atoms with Gasteiger partial charge in [0.15, 0.2) is 0 Å². The van der Waals surface area contributed by atoms with Gasteiger partial charge in [-0.2, -0.15) is 0 Å². The molecule has 1 aromatic rings. The van der Waals surface area contributed by atoms with Gasteiger partial charge in [-0.25, -0.2) is 0 Å². The summed E-state index contributed by atoms with van der Waals surface area (Å²) in [5, 5.41) is 14.5. The minimum atomic E-state index is -0.470. The van der Waals surface area contributed by atoms with Gasteiger partial charge in [0.25, 0.3) is 5.69 Å². The predicted octanol–water partition coefficient (Wildman–Crippen LogP) is 3.38. The van der Waals surface area contributed by atoms with Gasteiger partial charge in [-0.3, -0.25) is 10.1 Å². The molecule has 0 amide bonds. The Morgan fingerprint density at radius 3 is 2.67 bits per heavy atom. The van der Waals surface area contributed by atoms with Crippen molar-refractivity contribution in [2.24, 2.45) is 0 Å². The Morgan fingerprint density at radius 2 is 2.05 bits per heavy atom. The van der Waals surface area contributed by atoms with Crippen LogP contribution in [-0.2, 0) is 0 Å². The van der Waals surface area contributed by atoms with E-state index in [2.05, 4.69) is 15.1 Å². The van der Waals surface area contributed by atoms with Crippen molar-refractivity contribution in [1.82, 2.24) is 9.80 Å². The van der Waals surface area contributed by atoms with Gasteiger partial charge < -0.3 is 15.1 Å². The largest absolute Gasteiger partial charge is 0.379 e. The monoisotopic (exact) mass is 330 g/mol. The predicted molar refractivity (Wildman–Crippen MR) is 84.7 cm³/mol. The third-order valence-corrected chi connectivity index (χ3v) is 3.83. The second-order valence-corrected chi connectivity index (χ2v) is 5.64. The van der Waals surface area contributed by atoms with E-state index in [9.17, 15) is 10.1 Å². The summed E-state index contributed by atoms with van der Waals surface area (Å²) in [4.78, 5) is 14.8. The first kappa shape index (κ1) is 15.7. The van der Waals surface area contributed by atoms with Crippen molar-refractivity contribution in [2.45, 2.75) is 6.42 Å². The molecule has 0 saturated carbocycles. The number of anilines is 1. The molecule has 2 rings (SSSR count). The van der Waals surface area contributed by atoms with Gasteiger partial charge in [0.05, 0.1) is 21.6 Å². The summed E-state index contributed by atoms with van der Waals surface area (Å²) in [5.74, 6) is 0. The molecule has 1 N–H and O–H groups in total. The van der Waals surface area contributed by atoms with E-state index in [1.807, 2.05) is 19.4 Å². The molecule has 8 heteroatoms. The molecule has 0 spiro atoms. The lowest BCUT2D eigenvalue weighted by Crippen LogP contribution is -2.24. The van der Waals surface area contributed by atoms with E-state index < -0.39 is 4.92 Å². The molecule has 0 saturated heterocycles. The number of halogens is 2. The number of nitrogens with zero attached hydrogens (tertiary/aromatic N) is 3. The number of nitro benzene ring substituents is 1. The van der Waals surface area contributed by atoms with Gasteiger partial charge in [0, 0.05) is 38.6 Å². The highest BCUT2D eigenvalue weighted by Gasteiger charge is 2.16. The third kappa shape index (κ3) is 4.15. The van der Waals surface area contributed by atoms with Crippen molar-refractivity contribution >= 4 is 34.6 Å². The Hall–Kier alpha value is -1.66. The first-order valence-electron chi connectivity index (χ1n) is 6.47. The number of rotatable bonds is 6. The maximum Gasteiger partial charge on any atom is 0.293 e. The summed E-state index contributed by atoms with van der Waals surface area (Å²) in [6.07, 6.45) is 4.90. The minimum absolute atomic E-state index is 0.0646. The molecule has 0 radical (unpaired) electrons. The van der Waals surface area contributed by atoms with E-state index >= 15 is 0 Å². The topological polar surface area (TPSA) is 61.6 Å². The summed E-state index contributed by atoms with van der Waals surface area (Å²) < 4.78 is 0. The molecule has 1 heterocycles. The summed E-state index contributed by atoms with van der Waals surface area (Å²) in [6, 6.07) is 2.76. The number of hydrogen-bond acceptors (Lipinski definition) is 5. The van der Waals surface area contributed by atoms with E-state index in [0.717, 1.165) is 19.6 Å². The summed E-state index contributed by atoms with van der Waals surface area (Å²) >= 11 is 11.7. The zero-order valence-corrected chi connectivity index (χ0v) is 13.1. The van der Waals surface area contributed by atoms with Crippen LogP contribution in [0.5, 0.6) is 0 Å². The molecule has 6 nitrogen and oxygen atoms in total. The maximum absolute atomic E-state index is 11.0. The van der Waals surface area contributed by atoms with Gasteiger partial charge in [-0.15, -0.1) is 0 Å². The van der Waals surface area contributed by atoms with E-state index in [-0.39, 0.29) is 10.7 Å². The first-order chi connectivity index (χ1) is 9.97. The highest BCUT2D eigenvalue weighted by atomic mass is 35.5. The van der Waals surface area contributed by atoms with Crippen LogP contribution in [0.3, 0.4) is 0 Å². The Kier molecular flexibility index (Phi) is 5.14. The zero-order valence-electron chi connectivity index (χ0n) is 11.6. The number of hydrogen-bond donors (Lipinski definition) is 1. The molecule has 114 valence electrons. The van der Waals surface area contributed by atoms with Crippen LogP contribution < -0.4 is 5.32 Å². The average molecular weight is 331 g/mol. The van der Waals surface area contributed by atoms with Crippen LogP contribution in [0.2, 0.25) is 10.0 Å². The van der Waals surface area contributed by atoms with Gasteiger partial charge in [-0.05, 0) is 12.5 Å². The van der Waals surface area contributed by atoms with E-state index in [4.69, 9.17) is 23.2 Å². The summed E-state index contributed by atoms with van der Waals surface area (Å²) in [6.45, 7) is 2.36. The standard InChI is InChI=1S/C13H16Cl2N4O2/c1-17-5-6-18(9-17)4-2-3-16-12-7-10(14)11(15)8-13(12)19(20)21/h5-8,16H,2-4,9H2,1H3. The fourth-order valence-corrected chi connectivity index (χ4v) is 2.39. The van der Waals surface area contributed by atoms with Crippen LogP contribution >= 0.6 is 23.2 Å². The second kappa shape index (κ2) is 6.87. The summed E-state index contributed by atoms with van der Waals surface area (Å²) in [5.41, 5.74) is 0.327. The highest BCUT2D eigenvalue weighted by Crippen LogP contribution is 2.33. The second-order valence-electron chi connectivity index (χ2n) is 4.83. The maximum atomic E-state index is 11.0. The van der Waals surface area contributed by atoms with Crippen molar-refractivity contribution < 1.29 is 4.92 Å². The van der Waals surface area contributed by atoms with E-state index in [1.54, 1.807) is 0 Å². The lowest BCUT2D eigenvalue weighted by atomic mass is 10.2. The summed E-state index contributed by atoms with van der Waals surface area (Å²) in [7, 11) is 2.01. The molecule has 0 unspecified atom stereocenters. The molecule has 0 aliphatic carbocycles. The first-order valence-corrected chi connectivity index (χ1v) is 7.23. The van der Waals surface area contributed by atoms with Crippen molar-refractivity contribution in [2.75, 3.05) is 32.1 Å². The number of benzene rings is 1. The average Bonchev–Trinajstić information content (AvgIpc) is 2.83. The van der Waals surface area contributed by atoms with Crippen molar-refractivity contribution in [3.63, 3.8) is 0 Å². The van der Waals surface area contributed by atoms with Crippen LogP contribution in [0.1, 0.15) is 6.42 Å². The normalized spacial score (nSPS) is 13.9. The van der Waals surface area contributed by atoms with Crippen LogP contribution in [0.15, 0.2) is 24.5 Å². The molecular formula is C13H16Cl2N4O2. The molecule has 0 bridgehead atoms. The lowest BCUT2D eigenvalue weighted by molar-refractivity contribution is -0.383. The van der Waals surface area contributed by atoms with Gasteiger partial charge in [-0.1, -0.05) is 23.2 Å². The molecular weight excluding hydrogens is 315 g/mol. The van der Waals surface area contributed by atoms with Crippen LogP contribution in [-0.4, -0.2) is 41.5 Å². The minimum Gasteiger partial charge on any atom is -0.379 e. The molecule has 0 atom stereocenters. The fraction of sp³-hybridized carbons (Fsp3) is 0.385. The van der Waals surface area contributed by atoms with Gasteiger partial charge in [0.1, 0.15) is 5.69 Å². The van der Waals surface area contributed by atoms with E-state index in [0.29, 0.717) is 17.3 Å². The number of nitro groups is 1. The van der Waals surface area contributed by atoms with Crippen molar-refractivity contribution in [3.8, 4) is 0 Å².